The van der Waals surface area contributed by atoms with E-state index in [2.05, 4.69) is 10.6 Å². The van der Waals surface area contributed by atoms with Crippen molar-refractivity contribution in [2.75, 3.05) is 14.2 Å². The van der Waals surface area contributed by atoms with Gasteiger partial charge >= 0.3 is 7.60 Å². The standard InChI is InChI=1S/C10H19N2O4P/c1-15-17(14,16-2)10-9(13)11-7-5-3-4-6-8(7)12-10/h7-8,10,12H,3-6H2,1-2H3,(H,11,13)/t7-,8-,10?/m1/s1. The van der Waals surface area contributed by atoms with Crippen LogP contribution in [0.5, 0.6) is 0 Å². The molecule has 2 rings (SSSR count). The minimum atomic E-state index is -3.40. The number of hydrogen-bond acceptors (Lipinski definition) is 5. The van der Waals surface area contributed by atoms with Gasteiger partial charge in [0.2, 0.25) is 5.91 Å². The van der Waals surface area contributed by atoms with Gasteiger partial charge in [-0.3, -0.25) is 14.7 Å². The zero-order chi connectivity index (χ0) is 12.5. The molecule has 0 radical (unpaired) electrons. The maximum absolute atomic E-state index is 12.2. The SMILES string of the molecule is COP(=O)(OC)C1N[C@@H]2CCCC[C@H]2NC1=O. The number of hydrogen-bond donors (Lipinski definition) is 2. The first kappa shape index (κ1) is 13.0. The van der Waals surface area contributed by atoms with Crippen molar-refractivity contribution in [3.8, 4) is 0 Å². The summed E-state index contributed by atoms with van der Waals surface area (Å²) in [6.07, 6.45) is 4.20. The van der Waals surface area contributed by atoms with Crippen LogP contribution in [0.15, 0.2) is 0 Å². The Morgan fingerprint density at radius 3 is 2.35 bits per heavy atom. The molecule has 0 spiro atoms. The summed E-state index contributed by atoms with van der Waals surface area (Å²) in [6, 6.07) is 0.319. The fourth-order valence-electron chi connectivity index (χ4n) is 2.56. The lowest BCUT2D eigenvalue weighted by molar-refractivity contribution is -0.125. The number of rotatable bonds is 3. The van der Waals surface area contributed by atoms with Crippen LogP contribution in [0.2, 0.25) is 0 Å². The van der Waals surface area contributed by atoms with E-state index in [1.807, 2.05) is 0 Å². The summed E-state index contributed by atoms with van der Waals surface area (Å²) in [5.74, 6) is -1.18. The first-order chi connectivity index (χ1) is 8.10. The van der Waals surface area contributed by atoms with Crippen LogP contribution in [0.1, 0.15) is 25.7 Å². The quantitative estimate of drug-likeness (QED) is 0.737. The Labute approximate surface area is 101 Å². The average Bonchev–Trinajstić information content (AvgIpc) is 2.37. The van der Waals surface area contributed by atoms with E-state index < -0.39 is 13.4 Å². The Bertz CT molecular complexity index is 341. The zero-order valence-corrected chi connectivity index (χ0v) is 11.0. The van der Waals surface area contributed by atoms with Crippen molar-refractivity contribution < 1.29 is 18.4 Å². The fraction of sp³-hybridized carbons (Fsp3) is 0.900. The molecule has 3 atom stereocenters. The van der Waals surface area contributed by atoms with Crippen LogP contribution in [0.25, 0.3) is 0 Å². The summed E-state index contributed by atoms with van der Waals surface area (Å²) in [7, 11) is -0.804. The predicted octanol–water partition coefficient (Wildman–Crippen LogP) is 0.829. The summed E-state index contributed by atoms with van der Waals surface area (Å²) in [4.78, 5) is 11.9. The molecule has 1 heterocycles. The van der Waals surface area contributed by atoms with Gasteiger partial charge in [0.1, 0.15) is 0 Å². The Hall–Kier alpha value is -0.420. The first-order valence-corrected chi connectivity index (χ1v) is 7.49. The first-order valence-electron chi connectivity index (χ1n) is 5.88. The van der Waals surface area contributed by atoms with Gasteiger partial charge in [0.15, 0.2) is 5.78 Å². The van der Waals surface area contributed by atoms with E-state index in [9.17, 15) is 9.36 Å². The molecule has 7 heteroatoms. The third kappa shape index (κ3) is 2.40. The van der Waals surface area contributed by atoms with Crippen molar-refractivity contribution in [2.24, 2.45) is 0 Å². The summed E-state index contributed by atoms with van der Waals surface area (Å²) < 4.78 is 22.0. The molecule has 0 aromatic carbocycles. The number of carbonyl (C=O) groups is 1. The molecule has 17 heavy (non-hydrogen) atoms. The van der Waals surface area contributed by atoms with Crippen LogP contribution in [-0.4, -0.2) is 38.0 Å². The van der Waals surface area contributed by atoms with E-state index in [1.54, 1.807) is 0 Å². The number of nitrogens with one attached hydrogen (secondary N) is 2. The normalized spacial score (nSPS) is 34.0. The van der Waals surface area contributed by atoms with Gasteiger partial charge in [0.25, 0.3) is 0 Å². The van der Waals surface area contributed by atoms with Gasteiger partial charge in [0, 0.05) is 26.3 Å². The molecule has 98 valence electrons. The second-order valence-electron chi connectivity index (χ2n) is 4.48. The number of carbonyl (C=O) groups excluding carboxylic acids is 1. The van der Waals surface area contributed by atoms with Crippen molar-refractivity contribution in [1.29, 1.82) is 0 Å². The van der Waals surface area contributed by atoms with Crippen molar-refractivity contribution >= 4 is 13.5 Å². The highest BCUT2D eigenvalue weighted by atomic mass is 31.2. The molecule has 1 saturated carbocycles. The second kappa shape index (κ2) is 5.06. The van der Waals surface area contributed by atoms with Gasteiger partial charge in [-0.15, -0.1) is 0 Å². The summed E-state index contributed by atoms with van der Waals surface area (Å²) in [5, 5.41) is 6.03. The van der Waals surface area contributed by atoms with Gasteiger partial charge < -0.3 is 14.4 Å². The zero-order valence-electron chi connectivity index (χ0n) is 10.1. The molecule has 1 aliphatic carbocycles. The van der Waals surface area contributed by atoms with Gasteiger partial charge in [-0.2, -0.15) is 0 Å². The van der Waals surface area contributed by atoms with Gasteiger partial charge in [0.05, 0.1) is 0 Å². The molecule has 1 unspecified atom stereocenters. The lowest BCUT2D eigenvalue weighted by Gasteiger charge is -2.41. The van der Waals surface area contributed by atoms with Crippen LogP contribution in [-0.2, 0) is 18.4 Å². The largest absolute Gasteiger partial charge is 0.356 e. The highest BCUT2D eigenvalue weighted by Crippen LogP contribution is 2.51. The maximum atomic E-state index is 12.2. The molecule has 2 fully saturated rings. The highest BCUT2D eigenvalue weighted by Gasteiger charge is 2.46. The number of fused-ring (bicyclic) bond motifs is 1. The Kier molecular flexibility index (Phi) is 3.88. The highest BCUT2D eigenvalue weighted by molar-refractivity contribution is 7.55. The number of piperazine rings is 1. The van der Waals surface area contributed by atoms with E-state index in [0.29, 0.717) is 0 Å². The van der Waals surface area contributed by atoms with Crippen LogP contribution >= 0.6 is 7.60 Å². The molecular formula is C10H19N2O4P. The summed E-state index contributed by atoms with van der Waals surface area (Å²) in [5.41, 5.74) is 0. The minimum Gasteiger partial charge on any atom is -0.350 e. The molecule has 0 bridgehead atoms. The summed E-state index contributed by atoms with van der Waals surface area (Å²) in [6.45, 7) is 0. The van der Waals surface area contributed by atoms with Gasteiger partial charge in [-0.1, -0.05) is 12.8 Å². The van der Waals surface area contributed by atoms with Crippen LogP contribution in [0.4, 0.5) is 0 Å². The Balaban J connectivity index is 2.14. The third-order valence-corrected chi connectivity index (χ3v) is 5.57. The molecule has 1 aliphatic heterocycles. The van der Waals surface area contributed by atoms with Crippen molar-refractivity contribution in [3.63, 3.8) is 0 Å². The molecule has 2 aliphatic rings. The van der Waals surface area contributed by atoms with E-state index >= 15 is 0 Å². The lowest BCUT2D eigenvalue weighted by atomic mass is 9.89. The van der Waals surface area contributed by atoms with Crippen molar-refractivity contribution in [2.45, 2.75) is 43.5 Å². The van der Waals surface area contributed by atoms with E-state index in [-0.39, 0.29) is 18.0 Å². The minimum absolute atomic E-state index is 0.148. The van der Waals surface area contributed by atoms with Crippen LogP contribution in [0, 0.1) is 0 Å². The molecule has 1 amide bonds. The molecule has 1 saturated heterocycles. The van der Waals surface area contributed by atoms with E-state index in [1.165, 1.54) is 14.2 Å². The van der Waals surface area contributed by atoms with Gasteiger partial charge in [-0.05, 0) is 12.8 Å². The average molecular weight is 262 g/mol. The van der Waals surface area contributed by atoms with Crippen molar-refractivity contribution in [3.05, 3.63) is 0 Å². The topological polar surface area (TPSA) is 76.7 Å². The summed E-state index contributed by atoms with van der Waals surface area (Å²) >= 11 is 0. The third-order valence-electron chi connectivity index (χ3n) is 3.54. The molecule has 0 aromatic rings. The molecule has 6 nitrogen and oxygen atoms in total. The maximum Gasteiger partial charge on any atom is 0.356 e. The van der Waals surface area contributed by atoms with Crippen LogP contribution in [0.3, 0.4) is 0 Å². The fourth-order valence-corrected chi connectivity index (χ4v) is 3.87. The van der Waals surface area contributed by atoms with E-state index in [0.717, 1.165) is 25.7 Å². The number of amides is 1. The molecular weight excluding hydrogens is 243 g/mol. The molecule has 2 N–H and O–H groups in total. The van der Waals surface area contributed by atoms with E-state index in [4.69, 9.17) is 9.05 Å². The monoisotopic (exact) mass is 262 g/mol. The van der Waals surface area contributed by atoms with Gasteiger partial charge in [-0.25, -0.2) is 0 Å². The smallest absolute Gasteiger partial charge is 0.350 e. The second-order valence-corrected chi connectivity index (χ2v) is 6.81. The van der Waals surface area contributed by atoms with Crippen molar-refractivity contribution in [1.82, 2.24) is 10.6 Å². The predicted molar refractivity (Wildman–Crippen MR) is 62.7 cm³/mol. The van der Waals surface area contributed by atoms with Crippen LogP contribution < -0.4 is 10.6 Å². The Morgan fingerprint density at radius 2 is 1.76 bits per heavy atom. The molecule has 0 aromatic heterocycles. The Morgan fingerprint density at radius 1 is 1.18 bits per heavy atom. The lowest BCUT2D eigenvalue weighted by Crippen LogP contribution is -2.64.